The third kappa shape index (κ3) is 4.46. The highest BCUT2D eigenvalue weighted by molar-refractivity contribution is 6.31. The molecule has 20 heavy (non-hydrogen) atoms. The molecule has 0 spiro atoms. The number of phenols is 1. The average molecular weight is 293 g/mol. The van der Waals surface area contributed by atoms with E-state index in [1.807, 2.05) is 38.1 Å². The summed E-state index contributed by atoms with van der Waals surface area (Å²) in [5, 5.41) is 10.2. The highest BCUT2D eigenvalue weighted by Gasteiger charge is 2.06. The number of ether oxygens (including phenoxy) is 1. The first kappa shape index (κ1) is 16.4. The number of hydrogen-bond donors (Lipinski definition) is 1. The molecule has 0 unspecified atom stereocenters. The predicted molar refractivity (Wildman–Crippen MR) is 84.6 cm³/mol. The van der Waals surface area contributed by atoms with Gasteiger partial charge in [0.25, 0.3) is 0 Å². The summed E-state index contributed by atoms with van der Waals surface area (Å²) in [7, 11) is 0. The maximum atomic E-state index is 9.69. The standard InChI is InChI=1S/C15H15ClO2.C2H6/c1-2-11-6-8-12(9-7-11)18-10-13-14(16)4-3-5-15(13)17;1-2/h3-9,17H,2,10H2,1H3;1-2H3. The summed E-state index contributed by atoms with van der Waals surface area (Å²) in [4.78, 5) is 0. The molecule has 0 aromatic heterocycles. The maximum Gasteiger partial charge on any atom is 0.123 e. The zero-order chi connectivity index (χ0) is 15.0. The molecule has 0 aliphatic carbocycles. The molecule has 1 N–H and O–H groups in total. The van der Waals surface area contributed by atoms with Crippen molar-refractivity contribution in [1.29, 1.82) is 0 Å². The van der Waals surface area contributed by atoms with Gasteiger partial charge in [0.2, 0.25) is 0 Å². The number of phenolic OH excluding ortho intramolecular Hbond substituents is 1. The van der Waals surface area contributed by atoms with Crippen molar-refractivity contribution in [1.82, 2.24) is 0 Å². The number of aromatic hydroxyl groups is 1. The number of halogens is 1. The Kier molecular flexibility index (Phi) is 6.96. The van der Waals surface area contributed by atoms with Crippen molar-refractivity contribution in [2.24, 2.45) is 0 Å². The van der Waals surface area contributed by atoms with Gasteiger partial charge >= 0.3 is 0 Å². The topological polar surface area (TPSA) is 29.5 Å². The van der Waals surface area contributed by atoms with E-state index >= 15 is 0 Å². The molecule has 0 aliphatic heterocycles. The van der Waals surface area contributed by atoms with E-state index in [2.05, 4.69) is 6.92 Å². The lowest BCUT2D eigenvalue weighted by atomic mass is 10.2. The van der Waals surface area contributed by atoms with Crippen molar-refractivity contribution < 1.29 is 9.84 Å². The first-order chi connectivity index (χ1) is 9.70. The molecule has 0 saturated heterocycles. The van der Waals surface area contributed by atoms with Crippen LogP contribution in [-0.2, 0) is 13.0 Å². The Labute approximate surface area is 126 Å². The first-order valence-corrected chi connectivity index (χ1v) is 7.26. The lowest BCUT2D eigenvalue weighted by molar-refractivity contribution is 0.299. The van der Waals surface area contributed by atoms with Gasteiger partial charge in [0, 0.05) is 5.56 Å². The van der Waals surface area contributed by atoms with E-state index < -0.39 is 0 Å². The Morgan fingerprint density at radius 3 is 2.25 bits per heavy atom. The first-order valence-electron chi connectivity index (χ1n) is 6.88. The Hall–Kier alpha value is -1.67. The lowest BCUT2D eigenvalue weighted by Crippen LogP contribution is -1.97. The van der Waals surface area contributed by atoms with Crippen LogP contribution in [0.5, 0.6) is 11.5 Å². The second kappa shape index (κ2) is 8.49. The van der Waals surface area contributed by atoms with Gasteiger partial charge in [0.15, 0.2) is 0 Å². The highest BCUT2D eigenvalue weighted by atomic mass is 35.5. The van der Waals surface area contributed by atoms with Gasteiger partial charge in [-0.2, -0.15) is 0 Å². The van der Waals surface area contributed by atoms with Crippen molar-refractivity contribution >= 4 is 11.6 Å². The summed E-state index contributed by atoms with van der Waals surface area (Å²) in [6.45, 7) is 6.37. The summed E-state index contributed by atoms with van der Waals surface area (Å²) in [5.41, 5.74) is 1.88. The quantitative estimate of drug-likeness (QED) is 0.838. The molecule has 2 aromatic rings. The van der Waals surface area contributed by atoms with E-state index in [1.54, 1.807) is 18.2 Å². The molecular formula is C17H21ClO2. The Morgan fingerprint density at radius 2 is 1.70 bits per heavy atom. The molecule has 2 aromatic carbocycles. The predicted octanol–water partition coefficient (Wildman–Crippen LogP) is 5.21. The van der Waals surface area contributed by atoms with E-state index in [-0.39, 0.29) is 12.4 Å². The molecule has 0 fully saturated rings. The molecule has 0 aliphatic rings. The third-order valence-corrected chi connectivity index (χ3v) is 3.16. The molecule has 108 valence electrons. The number of benzene rings is 2. The SMILES string of the molecule is CC.CCc1ccc(OCc2c(O)cccc2Cl)cc1. The van der Waals surface area contributed by atoms with Crippen LogP contribution in [0, 0.1) is 0 Å². The second-order valence-electron chi connectivity index (χ2n) is 4.02. The molecule has 0 bridgehead atoms. The van der Waals surface area contributed by atoms with Crippen LogP contribution in [-0.4, -0.2) is 5.11 Å². The van der Waals surface area contributed by atoms with Gasteiger partial charge in [-0.15, -0.1) is 0 Å². The van der Waals surface area contributed by atoms with Crippen molar-refractivity contribution in [2.45, 2.75) is 33.8 Å². The summed E-state index contributed by atoms with van der Waals surface area (Å²) in [6, 6.07) is 12.9. The van der Waals surface area contributed by atoms with Crippen molar-refractivity contribution in [3.8, 4) is 11.5 Å². The van der Waals surface area contributed by atoms with Gasteiger partial charge < -0.3 is 9.84 Å². The summed E-state index contributed by atoms with van der Waals surface area (Å²) in [6.07, 6.45) is 1.01. The largest absolute Gasteiger partial charge is 0.507 e. The van der Waals surface area contributed by atoms with Crippen LogP contribution in [0.2, 0.25) is 5.02 Å². The van der Waals surface area contributed by atoms with Crippen molar-refractivity contribution in [3.63, 3.8) is 0 Å². The van der Waals surface area contributed by atoms with Gasteiger partial charge in [-0.3, -0.25) is 0 Å². The van der Waals surface area contributed by atoms with Gasteiger partial charge in [-0.1, -0.05) is 50.6 Å². The maximum absolute atomic E-state index is 9.69. The van der Waals surface area contributed by atoms with Gasteiger partial charge in [0.1, 0.15) is 18.1 Å². The van der Waals surface area contributed by atoms with E-state index in [4.69, 9.17) is 16.3 Å². The Balaban J connectivity index is 0.000000956. The average Bonchev–Trinajstić information content (AvgIpc) is 2.49. The molecule has 0 atom stereocenters. The summed E-state index contributed by atoms with van der Waals surface area (Å²) < 4.78 is 5.61. The van der Waals surface area contributed by atoms with Crippen LogP contribution in [0.3, 0.4) is 0 Å². The van der Waals surface area contributed by atoms with Crippen LogP contribution < -0.4 is 4.74 Å². The summed E-state index contributed by atoms with van der Waals surface area (Å²) in [5.74, 6) is 0.930. The van der Waals surface area contributed by atoms with Crippen molar-refractivity contribution in [3.05, 3.63) is 58.6 Å². The fourth-order valence-electron chi connectivity index (χ4n) is 1.67. The molecule has 2 rings (SSSR count). The zero-order valence-corrected chi connectivity index (χ0v) is 12.9. The molecule has 0 saturated carbocycles. The van der Waals surface area contributed by atoms with Crippen LogP contribution in [0.25, 0.3) is 0 Å². The number of rotatable bonds is 4. The zero-order valence-electron chi connectivity index (χ0n) is 12.2. The highest BCUT2D eigenvalue weighted by Crippen LogP contribution is 2.26. The second-order valence-corrected chi connectivity index (χ2v) is 4.43. The molecular weight excluding hydrogens is 272 g/mol. The molecule has 2 nitrogen and oxygen atoms in total. The number of hydrogen-bond acceptors (Lipinski definition) is 2. The van der Waals surface area contributed by atoms with Crippen molar-refractivity contribution in [2.75, 3.05) is 0 Å². The lowest BCUT2D eigenvalue weighted by Gasteiger charge is -2.09. The fourth-order valence-corrected chi connectivity index (χ4v) is 1.89. The van der Waals surface area contributed by atoms with Gasteiger partial charge in [-0.05, 0) is 36.2 Å². The Morgan fingerprint density at radius 1 is 1.05 bits per heavy atom. The van der Waals surface area contributed by atoms with Crippen LogP contribution in [0.1, 0.15) is 31.9 Å². The number of aryl methyl sites for hydroxylation is 1. The van der Waals surface area contributed by atoms with E-state index in [9.17, 15) is 5.11 Å². The van der Waals surface area contributed by atoms with E-state index in [1.165, 1.54) is 5.56 Å². The van der Waals surface area contributed by atoms with E-state index in [0.717, 1.165) is 12.2 Å². The minimum Gasteiger partial charge on any atom is -0.507 e. The summed E-state index contributed by atoms with van der Waals surface area (Å²) >= 11 is 6.00. The smallest absolute Gasteiger partial charge is 0.123 e. The van der Waals surface area contributed by atoms with Crippen LogP contribution in [0.4, 0.5) is 0 Å². The normalized spacial score (nSPS) is 9.60. The monoisotopic (exact) mass is 292 g/mol. The minimum absolute atomic E-state index is 0.160. The fraction of sp³-hybridized carbons (Fsp3) is 0.294. The van der Waals surface area contributed by atoms with Gasteiger partial charge in [-0.25, -0.2) is 0 Å². The van der Waals surface area contributed by atoms with Crippen LogP contribution >= 0.6 is 11.6 Å². The minimum atomic E-state index is 0.160. The molecule has 0 heterocycles. The molecule has 3 heteroatoms. The molecule has 0 amide bonds. The van der Waals surface area contributed by atoms with Gasteiger partial charge in [0.05, 0.1) is 5.02 Å². The molecule has 0 radical (unpaired) electrons. The van der Waals surface area contributed by atoms with E-state index in [0.29, 0.717) is 10.6 Å². The third-order valence-electron chi connectivity index (χ3n) is 2.81. The van der Waals surface area contributed by atoms with Crippen LogP contribution in [0.15, 0.2) is 42.5 Å². The Bertz CT molecular complexity index is 501.